The van der Waals surface area contributed by atoms with Crippen molar-refractivity contribution in [3.05, 3.63) is 27.7 Å². The minimum atomic E-state index is 0.219. The number of hydrogen-bond donors (Lipinski definition) is 1. The Morgan fingerprint density at radius 3 is 2.75 bits per heavy atom. The van der Waals surface area contributed by atoms with Crippen LogP contribution in [0.2, 0.25) is 0 Å². The van der Waals surface area contributed by atoms with Crippen molar-refractivity contribution in [3.63, 3.8) is 0 Å². The number of benzene rings is 1. The van der Waals surface area contributed by atoms with Gasteiger partial charge in [-0.1, -0.05) is 15.9 Å². The van der Waals surface area contributed by atoms with E-state index < -0.39 is 0 Å². The molecule has 2 rings (SSSR count). The topological polar surface area (TPSA) is 17.1 Å². The fraction of sp³-hybridized carbons (Fsp3) is 0.222. The molecule has 0 amide bonds. The lowest BCUT2D eigenvalue weighted by Crippen LogP contribution is -1.93. The third-order valence-corrected chi connectivity index (χ3v) is 3.23. The first-order valence-electron chi connectivity index (χ1n) is 3.73. The molecule has 0 fully saturated rings. The van der Waals surface area contributed by atoms with Crippen molar-refractivity contribution < 1.29 is 4.79 Å². The lowest BCUT2D eigenvalue weighted by molar-refractivity contribution is 0.0992. The number of rotatable bonds is 0. The summed E-state index contributed by atoms with van der Waals surface area (Å²) in [5.41, 5.74) is 1.93. The van der Waals surface area contributed by atoms with Gasteiger partial charge in [0.15, 0.2) is 5.78 Å². The van der Waals surface area contributed by atoms with Crippen molar-refractivity contribution in [1.29, 1.82) is 0 Å². The maximum Gasteiger partial charge on any atom is 0.164 e. The number of thiol groups is 1. The molecule has 1 aromatic carbocycles. The molecule has 1 aliphatic carbocycles. The second kappa shape index (κ2) is 2.89. The number of hydrogen-bond acceptors (Lipinski definition) is 2. The SMILES string of the molecule is O=C1CCc2c(Br)ccc(S)c21. The molecule has 0 atom stereocenters. The van der Waals surface area contributed by atoms with Crippen molar-refractivity contribution in [3.8, 4) is 0 Å². The van der Waals surface area contributed by atoms with Gasteiger partial charge in [0.1, 0.15) is 0 Å². The van der Waals surface area contributed by atoms with Gasteiger partial charge in [0.25, 0.3) is 0 Å². The van der Waals surface area contributed by atoms with E-state index in [9.17, 15) is 4.79 Å². The Hall–Kier alpha value is -0.280. The Morgan fingerprint density at radius 1 is 1.33 bits per heavy atom. The van der Waals surface area contributed by atoms with Gasteiger partial charge in [0.05, 0.1) is 0 Å². The van der Waals surface area contributed by atoms with Crippen molar-refractivity contribution in [2.75, 3.05) is 0 Å². The summed E-state index contributed by atoms with van der Waals surface area (Å²) in [7, 11) is 0. The molecule has 0 bridgehead atoms. The predicted octanol–water partition coefficient (Wildman–Crippen LogP) is 2.87. The first-order chi connectivity index (χ1) is 5.70. The normalized spacial score (nSPS) is 15.0. The van der Waals surface area contributed by atoms with Gasteiger partial charge >= 0.3 is 0 Å². The molecule has 1 aliphatic rings. The van der Waals surface area contributed by atoms with E-state index in [1.54, 1.807) is 0 Å². The number of ketones is 1. The molecule has 1 aromatic rings. The van der Waals surface area contributed by atoms with Crippen LogP contribution in [0.3, 0.4) is 0 Å². The van der Waals surface area contributed by atoms with Gasteiger partial charge < -0.3 is 0 Å². The largest absolute Gasteiger partial charge is 0.294 e. The van der Waals surface area contributed by atoms with E-state index in [0.29, 0.717) is 6.42 Å². The maximum atomic E-state index is 11.4. The number of carbonyl (C=O) groups is 1. The quantitative estimate of drug-likeness (QED) is 0.693. The highest BCUT2D eigenvalue weighted by Gasteiger charge is 2.23. The Labute approximate surface area is 84.7 Å². The highest BCUT2D eigenvalue weighted by molar-refractivity contribution is 9.10. The zero-order valence-corrected chi connectivity index (χ0v) is 8.78. The summed E-state index contributed by atoms with van der Waals surface area (Å²) in [5.74, 6) is 0.219. The zero-order chi connectivity index (χ0) is 8.72. The molecule has 0 saturated heterocycles. The van der Waals surface area contributed by atoms with Crippen LogP contribution in [0.15, 0.2) is 21.5 Å². The molecule has 3 heteroatoms. The van der Waals surface area contributed by atoms with Crippen molar-refractivity contribution >= 4 is 34.3 Å². The van der Waals surface area contributed by atoms with Gasteiger partial charge in [-0.15, -0.1) is 12.6 Å². The Balaban J connectivity index is 2.72. The Bertz CT molecular complexity index is 360. The molecular formula is C9H7BrOS. The number of fused-ring (bicyclic) bond motifs is 1. The molecule has 0 heterocycles. The maximum absolute atomic E-state index is 11.4. The van der Waals surface area contributed by atoms with Crippen molar-refractivity contribution in [2.45, 2.75) is 17.7 Å². The van der Waals surface area contributed by atoms with Gasteiger partial charge in [-0.3, -0.25) is 4.79 Å². The first-order valence-corrected chi connectivity index (χ1v) is 4.97. The average Bonchev–Trinajstić information content (AvgIpc) is 2.42. The Kier molecular flexibility index (Phi) is 2.00. The second-order valence-electron chi connectivity index (χ2n) is 2.84. The second-order valence-corrected chi connectivity index (χ2v) is 4.18. The highest BCUT2D eigenvalue weighted by Crippen LogP contribution is 2.33. The molecule has 1 nitrogen and oxygen atoms in total. The summed E-state index contributed by atoms with van der Waals surface area (Å²) in [6.07, 6.45) is 1.48. The zero-order valence-electron chi connectivity index (χ0n) is 6.30. The summed E-state index contributed by atoms with van der Waals surface area (Å²) >= 11 is 7.68. The van der Waals surface area contributed by atoms with Crippen molar-refractivity contribution in [1.82, 2.24) is 0 Å². The highest BCUT2D eigenvalue weighted by atomic mass is 79.9. The fourth-order valence-corrected chi connectivity index (χ4v) is 2.39. The molecule has 12 heavy (non-hydrogen) atoms. The number of Topliss-reactive ketones (excluding diaryl/α,β-unsaturated/α-hetero) is 1. The summed E-state index contributed by atoms with van der Waals surface area (Å²) in [4.78, 5) is 12.2. The summed E-state index contributed by atoms with van der Waals surface area (Å²) < 4.78 is 1.03. The molecule has 0 radical (unpaired) electrons. The van der Waals surface area contributed by atoms with Crippen molar-refractivity contribution in [2.24, 2.45) is 0 Å². The molecule has 62 valence electrons. The number of halogens is 1. The minimum absolute atomic E-state index is 0.219. The third kappa shape index (κ3) is 1.12. The Morgan fingerprint density at radius 2 is 2.08 bits per heavy atom. The van der Waals surface area contributed by atoms with Crippen LogP contribution in [0.1, 0.15) is 22.3 Å². The van der Waals surface area contributed by atoms with Gasteiger partial charge in [-0.2, -0.15) is 0 Å². The van der Waals surface area contributed by atoms with Gasteiger partial charge in [0, 0.05) is 21.4 Å². The van der Waals surface area contributed by atoms with Crippen LogP contribution in [-0.2, 0) is 6.42 Å². The minimum Gasteiger partial charge on any atom is -0.294 e. The summed E-state index contributed by atoms with van der Waals surface area (Å²) in [5, 5.41) is 0. The van der Waals surface area contributed by atoms with E-state index >= 15 is 0 Å². The van der Waals surface area contributed by atoms with Crippen LogP contribution >= 0.6 is 28.6 Å². The van der Waals surface area contributed by atoms with Crippen LogP contribution in [0, 0.1) is 0 Å². The summed E-state index contributed by atoms with van der Waals surface area (Å²) in [6, 6.07) is 3.80. The van der Waals surface area contributed by atoms with Crippen LogP contribution in [0.4, 0.5) is 0 Å². The van der Waals surface area contributed by atoms with Crippen LogP contribution in [0.5, 0.6) is 0 Å². The molecular weight excluding hydrogens is 236 g/mol. The van der Waals surface area contributed by atoms with Gasteiger partial charge in [-0.25, -0.2) is 0 Å². The molecule has 0 N–H and O–H groups in total. The molecule has 0 spiro atoms. The predicted molar refractivity (Wildman–Crippen MR) is 54.0 cm³/mol. The number of carbonyl (C=O) groups excluding carboxylic acids is 1. The van der Waals surface area contributed by atoms with E-state index in [2.05, 4.69) is 28.6 Å². The first kappa shape index (κ1) is 8.32. The van der Waals surface area contributed by atoms with Gasteiger partial charge in [0.2, 0.25) is 0 Å². The lowest BCUT2D eigenvalue weighted by Gasteiger charge is -2.02. The van der Waals surface area contributed by atoms with E-state index in [0.717, 1.165) is 26.9 Å². The third-order valence-electron chi connectivity index (χ3n) is 2.11. The van der Waals surface area contributed by atoms with E-state index in [4.69, 9.17) is 0 Å². The van der Waals surface area contributed by atoms with Gasteiger partial charge in [-0.05, 0) is 24.1 Å². The molecule has 0 unspecified atom stereocenters. The molecule has 0 aromatic heterocycles. The van der Waals surface area contributed by atoms with E-state index in [-0.39, 0.29) is 5.78 Å². The fourth-order valence-electron chi connectivity index (χ4n) is 1.53. The van der Waals surface area contributed by atoms with Crippen LogP contribution in [0.25, 0.3) is 0 Å². The van der Waals surface area contributed by atoms with Crippen LogP contribution in [-0.4, -0.2) is 5.78 Å². The standard InChI is InChI=1S/C9H7BrOS/c10-6-2-4-8(12)9-5(6)1-3-7(9)11/h2,4,12H,1,3H2. The van der Waals surface area contributed by atoms with E-state index in [1.165, 1.54) is 0 Å². The van der Waals surface area contributed by atoms with Crippen LogP contribution < -0.4 is 0 Å². The smallest absolute Gasteiger partial charge is 0.164 e. The monoisotopic (exact) mass is 242 g/mol. The average molecular weight is 243 g/mol. The molecule has 0 aliphatic heterocycles. The van der Waals surface area contributed by atoms with E-state index in [1.807, 2.05) is 12.1 Å². The summed E-state index contributed by atoms with van der Waals surface area (Å²) in [6.45, 7) is 0. The lowest BCUT2D eigenvalue weighted by atomic mass is 10.1. The molecule has 0 saturated carbocycles.